The van der Waals surface area contributed by atoms with Gasteiger partial charge in [-0.15, -0.1) is 0 Å². The van der Waals surface area contributed by atoms with Crippen LogP contribution >= 0.6 is 0 Å². The second-order valence-corrected chi connectivity index (χ2v) is 7.09. The average molecular weight is 450 g/mol. The molecule has 10 nitrogen and oxygen atoms in total. The number of hydrogen-bond acceptors (Lipinski definition) is 8. The number of benzene rings is 2. The summed E-state index contributed by atoms with van der Waals surface area (Å²) in [7, 11) is 3.79. The highest BCUT2D eigenvalue weighted by Crippen LogP contribution is 2.32. The van der Waals surface area contributed by atoms with Gasteiger partial charge in [-0.05, 0) is 35.9 Å². The van der Waals surface area contributed by atoms with Gasteiger partial charge in [-0.2, -0.15) is 5.26 Å². The van der Waals surface area contributed by atoms with Gasteiger partial charge in [0.15, 0.2) is 18.1 Å². The number of rotatable bonds is 6. The molecule has 0 fully saturated rings. The molecule has 1 heterocycles. The van der Waals surface area contributed by atoms with E-state index in [1.54, 1.807) is 36.4 Å². The van der Waals surface area contributed by atoms with Gasteiger partial charge in [0.05, 0.1) is 0 Å². The molecule has 0 aliphatic carbocycles. The fourth-order valence-electron chi connectivity index (χ4n) is 2.83. The largest absolute Gasteiger partial charge is 0.486 e. The third-order valence-electron chi connectivity index (χ3n) is 4.45. The molecule has 0 aromatic heterocycles. The summed E-state index contributed by atoms with van der Waals surface area (Å²) in [6, 6.07) is 12.9. The third-order valence-corrected chi connectivity index (χ3v) is 4.45. The van der Waals surface area contributed by atoms with Crippen LogP contribution in [0.3, 0.4) is 0 Å². The quantitative estimate of drug-likeness (QED) is 0.390. The summed E-state index contributed by atoms with van der Waals surface area (Å²) in [5, 5.41) is 13.8. The maximum absolute atomic E-state index is 12.1. The molecular weight excluding hydrogens is 428 g/mol. The Balaban J connectivity index is 1.50. The highest BCUT2D eigenvalue weighted by Gasteiger charge is 2.16. The molecule has 0 saturated carbocycles. The summed E-state index contributed by atoms with van der Waals surface area (Å²) in [5.41, 5.74) is 1.69. The van der Waals surface area contributed by atoms with Crippen LogP contribution in [0.5, 0.6) is 11.5 Å². The molecule has 3 rings (SSSR count). The lowest BCUT2D eigenvalue weighted by molar-refractivity contribution is -0.144. The molecule has 2 aromatic carbocycles. The zero-order valence-corrected chi connectivity index (χ0v) is 18.1. The Kier molecular flexibility index (Phi) is 7.49. The minimum atomic E-state index is -0.975. The molecule has 2 N–H and O–H groups in total. The molecule has 10 heteroatoms. The van der Waals surface area contributed by atoms with Crippen molar-refractivity contribution in [1.29, 1.82) is 5.26 Å². The van der Waals surface area contributed by atoms with Crippen LogP contribution in [0, 0.1) is 11.3 Å². The van der Waals surface area contributed by atoms with E-state index in [0.29, 0.717) is 36.0 Å². The number of hydrogen-bond donors (Lipinski definition) is 2. The zero-order chi connectivity index (χ0) is 23.8. The minimum absolute atomic E-state index is 0.277. The lowest BCUT2D eigenvalue weighted by Gasteiger charge is -2.19. The fraction of sp³-hybridized carbons (Fsp3) is 0.217. The molecule has 3 amide bonds. The van der Waals surface area contributed by atoms with Crippen LogP contribution < -0.4 is 25.0 Å². The number of nitriles is 1. The van der Waals surface area contributed by atoms with Crippen LogP contribution in [0.15, 0.2) is 48.0 Å². The lowest BCUT2D eigenvalue weighted by Crippen LogP contribution is -2.37. The number of nitrogens with one attached hydrogen (secondary N) is 2. The number of carbonyl (C=O) groups is 3. The number of fused-ring (bicyclic) bond motifs is 1. The van der Waals surface area contributed by atoms with Crippen molar-refractivity contribution >= 4 is 35.4 Å². The number of anilines is 2. The fourth-order valence-corrected chi connectivity index (χ4v) is 2.83. The summed E-state index contributed by atoms with van der Waals surface area (Å²) in [6.45, 7) is 0.109. The topological polar surface area (TPSA) is 130 Å². The Hall–Kier alpha value is -4.52. The van der Waals surface area contributed by atoms with Gasteiger partial charge >= 0.3 is 12.0 Å². The van der Waals surface area contributed by atoms with Crippen LogP contribution in [0.25, 0.3) is 6.08 Å². The molecule has 33 heavy (non-hydrogen) atoms. The molecule has 0 saturated heterocycles. The van der Waals surface area contributed by atoms with Crippen LogP contribution in [0.4, 0.5) is 16.2 Å². The predicted octanol–water partition coefficient (Wildman–Crippen LogP) is 2.32. The van der Waals surface area contributed by atoms with Gasteiger partial charge in [0.1, 0.15) is 24.9 Å². The van der Waals surface area contributed by atoms with E-state index >= 15 is 0 Å². The number of amides is 3. The van der Waals surface area contributed by atoms with Crippen LogP contribution in [0.1, 0.15) is 5.56 Å². The molecule has 0 spiro atoms. The molecule has 170 valence electrons. The predicted molar refractivity (Wildman–Crippen MR) is 120 cm³/mol. The van der Waals surface area contributed by atoms with Gasteiger partial charge in [0.2, 0.25) is 0 Å². The minimum Gasteiger partial charge on any atom is -0.486 e. The monoisotopic (exact) mass is 450 g/mol. The standard InChI is InChI=1S/C23H22N4O6/c1-27(2)18-6-3-15(4-7-18)11-16(13-24)22(29)33-14-21(28)26-23(30)25-17-5-8-19-20(12-17)32-10-9-31-19/h3-8,11-12H,9-10,14H2,1-2H3,(H2,25,26,28,30)/b16-11+. The molecule has 0 bridgehead atoms. The van der Waals surface area contributed by atoms with Gasteiger partial charge in [0, 0.05) is 31.5 Å². The first-order valence-electron chi connectivity index (χ1n) is 9.92. The number of imide groups is 1. The van der Waals surface area contributed by atoms with Crippen LogP contribution in [0.2, 0.25) is 0 Å². The van der Waals surface area contributed by atoms with Crippen molar-refractivity contribution < 1.29 is 28.6 Å². The smallest absolute Gasteiger partial charge is 0.349 e. The third kappa shape index (κ3) is 6.48. The Morgan fingerprint density at radius 3 is 2.45 bits per heavy atom. The van der Waals surface area contributed by atoms with Gasteiger partial charge < -0.3 is 24.4 Å². The molecule has 0 unspecified atom stereocenters. The molecule has 0 atom stereocenters. The Labute approximate surface area is 190 Å². The van der Waals surface area contributed by atoms with E-state index in [4.69, 9.17) is 14.2 Å². The first-order valence-corrected chi connectivity index (χ1v) is 9.92. The first kappa shape index (κ1) is 23.1. The van der Waals surface area contributed by atoms with Crippen molar-refractivity contribution in [3.63, 3.8) is 0 Å². The summed E-state index contributed by atoms with van der Waals surface area (Å²) in [5.74, 6) is -0.792. The zero-order valence-electron chi connectivity index (χ0n) is 18.1. The summed E-state index contributed by atoms with van der Waals surface area (Å²) >= 11 is 0. The van der Waals surface area contributed by atoms with Crippen LogP contribution in [-0.4, -0.2) is 51.8 Å². The molecule has 1 aliphatic rings. The van der Waals surface area contributed by atoms with Gasteiger partial charge in [0.25, 0.3) is 5.91 Å². The summed E-state index contributed by atoms with van der Waals surface area (Å²) < 4.78 is 15.7. The van der Waals surface area contributed by atoms with E-state index in [9.17, 15) is 19.6 Å². The Bertz CT molecular complexity index is 1120. The van der Waals surface area contributed by atoms with Crippen molar-refractivity contribution in [3.05, 3.63) is 53.6 Å². The Morgan fingerprint density at radius 1 is 1.09 bits per heavy atom. The first-order chi connectivity index (χ1) is 15.9. The number of ether oxygens (including phenoxy) is 3. The van der Waals surface area contributed by atoms with E-state index in [0.717, 1.165) is 5.69 Å². The van der Waals surface area contributed by atoms with Crippen molar-refractivity contribution in [2.24, 2.45) is 0 Å². The van der Waals surface area contributed by atoms with Gasteiger partial charge in [-0.1, -0.05) is 12.1 Å². The summed E-state index contributed by atoms with van der Waals surface area (Å²) in [4.78, 5) is 38.0. The van der Waals surface area contributed by atoms with E-state index in [2.05, 4.69) is 5.32 Å². The summed E-state index contributed by atoms with van der Waals surface area (Å²) in [6.07, 6.45) is 1.36. The molecule has 2 aromatic rings. The number of urea groups is 1. The number of nitrogens with zero attached hydrogens (tertiary/aromatic N) is 2. The van der Waals surface area contributed by atoms with Crippen molar-refractivity contribution in [2.45, 2.75) is 0 Å². The second kappa shape index (κ2) is 10.7. The normalized spacial score (nSPS) is 12.2. The lowest BCUT2D eigenvalue weighted by atomic mass is 10.1. The average Bonchev–Trinajstić information content (AvgIpc) is 2.81. The molecular formula is C23H22N4O6. The van der Waals surface area contributed by atoms with Crippen LogP contribution in [-0.2, 0) is 14.3 Å². The van der Waals surface area contributed by atoms with Crippen molar-refractivity contribution in [1.82, 2.24) is 5.32 Å². The number of esters is 1. The number of carbonyl (C=O) groups excluding carboxylic acids is 3. The maximum atomic E-state index is 12.1. The Morgan fingerprint density at radius 2 is 1.79 bits per heavy atom. The van der Waals surface area contributed by atoms with Crippen molar-refractivity contribution in [2.75, 3.05) is 44.1 Å². The van der Waals surface area contributed by atoms with E-state index in [1.165, 1.54) is 6.08 Å². The SMILES string of the molecule is CN(C)c1ccc(/C=C(\C#N)C(=O)OCC(=O)NC(=O)Nc2ccc3c(c2)OCCO3)cc1. The highest BCUT2D eigenvalue weighted by atomic mass is 16.6. The van der Waals surface area contributed by atoms with E-state index in [1.807, 2.05) is 36.4 Å². The highest BCUT2D eigenvalue weighted by molar-refractivity contribution is 6.03. The van der Waals surface area contributed by atoms with Gasteiger partial charge in [-0.3, -0.25) is 10.1 Å². The second-order valence-electron chi connectivity index (χ2n) is 7.09. The van der Waals surface area contributed by atoms with E-state index in [-0.39, 0.29) is 5.57 Å². The van der Waals surface area contributed by atoms with Crippen molar-refractivity contribution in [3.8, 4) is 17.6 Å². The van der Waals surface area contributed by atoms with E-state index < -0.39 is 24.5 Å². The molecule has 1 aliphatic heterocycles. The molecule has 0 radical (unpaired) electrons. The van der Waals surface area contributed by atoms with Gasteiger partial charge in [-0.25, -0.2) is 9.59 Å². The maximum Gasteiger partial charge on any atom is 0.349 e.